The Morgan fingerprint density at radius 2 is 1.31 bits per heavy atom. The first-order chi connectivity index (χ1) is 26.1. The summed E-state index contributed by atoms with van der Waals surface area (Å²) < 4.78 is 0. The molecule has 0 spiro atoms. The number of thiocarbonyl (C=S) groups is 2. The fourth-order valence-electron chi connectivity index (χ4n) is 17.4. The van der Waals surface area contributed by atoms with E-state index >= 15 is 0 Å². The highest BCUT2D eigenvalue weighted by atomic mass is 32.1. The zero-order valence-corrected chi connectivity index (χ0v) is 35.8. The normalized spacial score (nSPS) is 46.5. The van der Waals surface area contributed by atoms with Gasteiger partial charge in [-0.1, -0.05) is 106 Å². The zero-order chi connectivity index (χ0) is 38.1. The Morgan fingerprint density at radius 3 is 2.00 bits per heavy atom. The van der Waals surface area contributed by atoms with Gasteiger partial charge >= 0.3 is 0 Å². The van der Waals surface area contributed by atoms with Crippen molar-refractivity contribution in [3.63, 3.8) is 0 Å². The lowest BCUT2D eigenvalue weighted by molar-refractivity contribution is -0.182. The second kappa shape index (κ2) is 12.6. The second-order valence-electron chi connectivity index (χ2n) is 23.1. The highest BCUT2D eigenvalue weighted by Crippen LogP contribution is 2.79. The molecule has 1 saturated heterocycles. The number of piperidine rings is 1. The Labute approximate surface area is 343 Å². The third-order valence-electron chi connectivity index (χ3n) is 17.8. The number of rotatable bonds is 7. The van der Waals surface area contributed by atoms with Gasteiger partial charge in [-0.3, -0.25) is 0 Å². The van der Waals surface area contributed by atoms with Crippen molar-refractivity contribution in [1.82, 2.24) is 10.2 Å². The fourth-order valence-corrected chi connectivity index (χ4v) is 18.1. The third kappa shape index (κ3) is 6.05. The number of hydrogen-bond acceptors (Lipinski definition) is 4. The predicted octanol–water partition coefficient (Wildman–Crippen LogP) is 10.2. The molecule has 0 radical (unpaired) electrons. The molecule has 2 aromatic carbocycles. The van der Waals surface area contributed by atoms with Crippen LogP contribution in [0.2, 0.25) is 0 Å². The molecule has 4 nitrogen and oxygen atoms in total. The summed E-state index contributed by atoms with van der Waals surface area (Å²) in [6, 6.07) is 24.6. The SMILES string of the molecule is CC1(C)CN(C(=S)C23CC4C[C@](CC56CC7(C(=S)N[C@H]8CC[C@H](N)CC8)C[C@@](C)(C5)C[C@@](c5ccccc5)(C6)C7)(C2)C[C@@](c2ccccc2)(C4)C3)CC[C@@H]1N. The van der Waals surface area contributed by atoms with E-state index in [-0.39, 0.29) is 49.4 Å². The fraction of sp³-hybridized carbons (Fsp3) is 0.714. The van der Waals surface area contributed by atoms with Crippen molar-refractivity contribution in [3.8, 4) is 0 Å². The predicted molar refractivity (Wildman–Crippen MR) is 234 cm³/mol. The smallest absolute Gasteiger partial charge is 0.0842 e. The highest BCUT2D eigenvalue weighted by Gasteiger charge is 2.72. The Kier molecular flexibility index (Phi) is 8.55. The van der Waals surface area contributed by atoms with Crippen molar-refractivity contribution in [3.05, 3.63) is 71.8 Å². The quantitative estimate of drug-likeness (QED) is 0.244. The van der Waals surface area contributed by atoms with E-state index in [1.807, 2.05) is 0 Å². The monoisotopic (exact) mass is 776 g/mol. The van der Waals surface area contributed by atoms with E-state index in [0.717, 1.165) is 51.1 Å². The van der Waals surface area contributed by atoms with Gasteiger partial charge < -0.3 is 21.7 Å². The molecular weight excluding hydrogens is 709 g/mol. The number of hydrogen-bond donors (Lipinski definition) is 3. The van der Waals surface area contributed by atoms with E-state index in [2.05, 4.69) is 91.7 Å². The lowest BCUT2D eigenvalue weighted by atomic mass is 9.31. The van der Waals surface area contributed by atoms with Crippen molar-refractivity contribution in [2.75, 3.05) is 13.1 Å². The van der Waals surface area contributed by atoms with Crippen LogP contribution in [-0.4, -0.2) is 46.1 Å². The number of nitrogens with one attached hydrogen (secondary N) is 1. The summed E-state index contributed by atoms with van der Waals surface area (Å²) in [7, 11) is 0. The van der Waals surface area contributed by atoms with Gasteiger partial charge in [-0.15, -0.1) is 0 Å². The minimum Gasteiger partial charge on any atom is -0.376 e. The minimum atomic E-state index is 0.0544. The van der Waals surface area contributed by atoms with Gasteiger partial charge in [-0.25, -0.2) is 0 Å². The van der Waals surface area contributed by atoms with Gasteiger partial charge in [0.05, 0.1) is 9.98 Å². The third-order valence-corrected chi connectivity index (χ3v) is 19.0. The molecule has 1 heterocycles. The Hall–Kier alpha value is -1.86. The summed E-state index contributed by atoms with van der Waals surface area (Å²) >= 11 is 13.6. The van der Waals surface area contributed by atoms with Crippen molar-refractivity contribution < 1.29 is 0 Å². The van der Waals surface area contributed by atoms with E-state index in [4.69, 9.17) is 35.9 Å². The maximum atomic E-state index is 6.86. The van der Waals surface area contributed by atoms with Crippen LogP contribution in [0, 0.1) is 38.4 Å². The molecule has 55 heavy (non-hydrogen) atoms. The molecule has 10 fully saturated rings. The molecule has 9 saturated carbocycles. The summed E-state index contributed by atoms with van der Waals surface area (Å²) in [4.78, 5) is 5.16. The molecule has 5 N–H and O–H groups in total. The molecule has 1 aliphatic heterocycles. The van der Waals surface area contributed by atoms with Gasteiger partial charge in [0.25, 0.3) is 0 Å². The topological polar surface area (TPSA) is 67.3 Å². The van der Waals surface area contributed by atoms with E-state index in [1.165, 1.54) is 93.4 Å². The van der Waals surface area contributed by atoms with E-state index in [9.17, 15) is 0 Å². The molecular formula is C49H68N4S2. The first kappa shape index (κ1) is 37.4. The highest BCUT2D eigenvalue weighted by molar-refractivity contribution is 7.80. The van der Waals surface area contributed by atoms with Gasteiger partial charge in [0.15, 0.2) is 0 Å². The lowest BCUT2D eigenvalue weighted by Crippen LogP contribution is -2.68. The summed E-state index contributed by atoms with van der Waals surface area (Å²) in [5, 5.41) is 4.10. The number of benzene rings is 2. The molecule has 6 heteroatoms. The summed E-state index contributed by atoms with van der Waals surface area (Å²) in [5.74, 6) is 0.733. The van der Waals surface area contributed by atoms with E-state index < -0.39 is 0 Å². The molecule has 4 unspecified atom stereocenters. The molecule has 296 valence electrons. The largest absolute Gasteiger partial charge is 0.376 e. The second-order valence-corrected chi connectivity index (χ2v) is 23.9. The number of nitrogens with zero attached hydrogens (tertiary/aromatic N) is 1. The molecule has 9 aliphatic carbocycles. The standard InChI is InChI=1S/C49H68N4S2/c1-42(2)33-53(19-18-39(42)51)41(55)47-22-34-20-44(28-47,27-46(21-34,31-47)35-10-6-4-7-11-35)26-45-23-43(3)24-48(29-45,36-12-8-5-9-13-36)32-49(25-43,30-45)40(54)52-38-16-14-37(50)15-17-38/h4-13,34,37-39H,14-33,50-51H2,1-3H3,(H,52,54)/t34?,37-,38-,39-,43-,44+,45?,46-,47?,48+,49?/m0/s1. The Morgan fingerprint density at radius 1 is 0.673 bits per heavy atom. The van der Waals surface area contributed by atoms with Crippen LogP contribution in [0.25, 0.3) is 0 Å². The Bertz CT molecular complexity index is 1840. The average Bonchev–Trinajstić information content (AvgIpc) is 3.12. The van der Waals surface area contributed by atoms with Gasteiger partial charge in [-0.2, -0.15) is 0 Å². The molecule has 12 rings (SSSR count). The first-order valence-corrected chi connectivity index (χ1v) is 23.1. The van der Waals surface area contributed by atoms with Crippen molar-refractivity contribution in [2.24, 2.45) is 49.9 Å². The molecule has 0 aromatic heterocycles. The van der Waals surface area contributed by atoms with Crippen LogP contribution in [0.5, 0.6) is 0 Å². The first-order valence-electron chi connectivity index (χ1n) is 22.3. The van der Waals surface area contributed by atoms with Crippen LogP contribution in [0.4, 0.5) is 0 Å². The van der Waals surface area contributed by atoms with Crippen LogP contribution >= 0.6 is 24.4 Å². The van der Waals surface area contributed by atoms with E-state index in [0.29, 0.717) is 12.1 Å². The van der Waals surface area contributed by atoms with Gasteiger partial charge in [0, 0.05) is 42.0 Å². The number of nitrogens with two attached hydrogens (primary N) is 2. The molecule has 2 aromatic rings. The van der Waals surface area contributed by atoms with Crippen molar-refractivity contribution in [2.45, 2.75) is 165 Å². The lowest BCUT2D eigenvalue weighted by Gasteiger charge is -2.74. The average molecular weight is 777 g/mol. The van der Waals surface area contributed by atoms with Crippen LogP contribution < -0.4 is 16.8 Å². The summed E-state index contributed by atoms with van der Waals surface area (Å²) in [6.45, 7) is 9.43. The van der Waals surface area contributed by atoms with Crippen molar-refractivity contribution >= 4 is 34.4 Å². The van der Waals surface area contributed by atoms with Crippen LogP contribution in [0.3, 0.4) is 0 Å². The van der Waals surface area contributed by atoms with Crippen LogP contribution in [0.15, 0.2) is 60.7 Å². The maximum absolute atomic E-state index is 6.86. The summed E-state index contributed by atoms with van der Waals surface area (Å²) in [5.41, 5.74) is 17.7. The zero-order valence-electron chi connectivity index (χ0n) is 34.1. The van der Waals surface area contributed by atoms with Gasteiger partial charge in [-0.05, 0) is 165 Å². The number of likely N-dealkylation sites (tertiary alicyclic amines) is 1. The minimum absolute atomic E-state index is 0.0544. The van der Waals surface area contributed by atoms with Gasteiger partial charge in [0.2, 0.25) is 0 Å². The van der Waals surface area contributed by atoms with Crippen LogP contribution in [0.1, 0.15) is 147 Å². The maximum Gasteiger partial charge on any atom is 0.0842 e. The Balaban J connectivity index is 1.05. The van der Waals surface area contributed by atoms with E-state index in [1.54, 1.807) is 11.1 Å². The molecule has 0 amide bonds. The summed E-state index contributed by atoms with van der Waals surface area (Å²) in [6.07, 6.45) is 22.5. The van der Waals surface area contributed by atoms with Gasteiger partial charge in [0.1, 0.15) is 0 Å². The van der Waals surface area contributed by atoms with Crippen LogP contribution in [-0.2, 0) is 10.8 Å². The molecule has 10 aliphatic rings. The molecule has 9 atom stereocenters. The molecule has 8 bridgehead atoms. The van der Waals surface area contributed by atoms with Crippen molar-refractivity contribution in [1.29, 1.82) is 0 Å².